The van der Waals surface area contributed by atoms with Gasteiger partial charge in [0.25, 0.3) is 6.43 Å². The third kappa shape index (κ3) is 2.70. The van der Waals surface area contributed by atoms with Crippen LogP contribution < -0.4 is 0 Å². The fourth-order valence-electron chi connectivity index (χ4n) is 1.44. The van der Waals surface area contributed by atoms with Crippen LogP contribution in [0.1, 0.15) is 28.8 Å². The van der Waals surface area contributed by atoms with Gasteiger partial charge in [0.15, 0.2) is 0 Å². The van der Waals surface area contributed by atoms with E-state index in [0.717, 1.165) is 6.92 Å². The van der Waals surface area contributed by atoms with Gasteiger partial charge in [0, 0.05) is 6.20 Å². The summed E-state index contributed by atoms with van der Waals surface area (Å²) in [6, 6.07) is 1.53. The van der Waals surface area contributed by atoms with Crippen molar-refractivity contribution in [3.63, 3.8) is 0 Å². The molecule has 0 fully saturated rings. The summed E-state index contributed by atoms with van der Waals surface area (Å²) in [4.78, 5) is 3.11. The molecule has 0 atom stereocenters. The molecule has 17 heavy (non-hydrogen) atoms. The molecule has 0 bridgehead atoms. The smallest absolute Gasteiger partial charge is 0.254 e. The van der Waals surface area contributed by atoms with Gasteiger partial charge < -0.3 is 0 Å². The highest BCUT2D eigenvalue weighted by Crippen LogP contribution is 2.35. The minimum absolute atomic E-state index is 0.281. The number of halogens is 5. The van der Waals surface area contributed by atoms with Gasteiger partial charge >= 0.3 is 6.18 Å². The molecule has 0 aromatic carbocycles. The van der Waals surface area contributed by atoms with E-state index in [-0.39, 0.29) is 5.56 Å². The van der Waals surface area contributed by atoms with E-state index >= 15 is 0 Å². The Bertz CT molecular complexity index is 459. The predicted molar refractivity (Wildman–Crippen MR) is 48.3 cm³/mol. The second-order valence-corrected chi connectivity index (χ2v) is 3.29. The summed E-state index contributed by atoms with van der Waals surface area (Å²) in [5.41, 5.74) is -2.58. The minimum atomic E-state index is -4.70. The van der Waals surface area contributed by atoms with E-state index in [1.165, 1.54) is 6.07 Å². The molecule has 0 saturated carbocycles. The minimum Gasteiger partial charge on any atom is -0.254 e. The molecule has 1 rings (SSSR count). The second kappa shape index (κ2) is 4.65. The zero-order valence-corrected chi connectivity index (χ0v) is 8.65. The van der Waals surface area contributed by atoms with Gasteiger partial charge in [-0.1, -0.05) is 0 Å². The summed E-state index contributed by atoms with van der Waals surface area (Å²) < 4.78 is 62.5. The summed E-state index contributed by atoms with van der Waals surface area (Å²) in [7, 11) is 0. The van der Waals surface area contributed by atoms with Crippen LogP contribution in [0.2, 0.25) is 0 Å². The van der Waals surface area contributed by atoms with Crippen molar-refractivity contribution in [1.82, 2.24) is 4.98 Å². The van der Waals surface area contributed by atoms with Crippen molar-refractivity contribution in [1.29, 1.82) is 5.26 Å². The van der Waals surface area contributed by atoms with Gasteiger partial charge in [0.2, 0.25) is 0 Å². The molecule has 2 nitrogen and oxygen atoms in total. The summed E-state index contributed by atoms with van der Waals surface area (Å²) in [6.45, 7) is 1.11. The summed E-state index contributed by atoms with van der Waals surface area (Å²) in [6.07, 6.45) is -7.90. The molecule has 0 radical (unpaired) electrons. The van der Waals surface area contributed by atoms with Gasteiger partial charge in [0.1, 0.15) is 5.69 Å². The Balaban J connectivity index is 3.46. The average molecular weight is 250 g/mol. The van der Waals surface area contributed by atoms with Crippen LogP contribution in [0.25, 0.3) is 0 Å². The van der Waals surface area contributed by atoms with E-state index in [1.807, 2.05) is 0 Å². The lowest BCUT2D eigenvalue weighted by Crippen LogP contribution is -2.13. The van der Waals surface area contributed by atoms with Gasteiger partial charge in [-0.3, -0.25) is 4.98 Å². The first-order valence-corrected chi connectivity index (χ1v) is 4.49. The Labute approximate surface area is 93.7 Å². The molecule has 1 heterocycles. The maximum absolute atomic E-state index is 12.5. The number of nitrogens with zero attached hydrogens (tertiary/aromatic N) is 2. The normalized spacial score (nSPS) is 11.6. The van der Waals surface area contributed by atoms with E-state index in [0.29, 0.717) is 6.20 Å². The molecule has 0 aliphatic rings. The first kappa shape index (κ1) is 13.4. The third-order valence-corrected chi connectivity index (χ3v) is 2.26. The van der Waals surface area contributed by atoms with Gasteiger partial charge in [-0.05, 0) is 18.1 Å². The highest BCUT2D eigenvalue weighted by atomic mass is 19.4. The van der Waals surface area contributed by atoms with Crippen molar-refractivity contribution in [2.45, 2.75) is 25.9 Å². The Morgan fingerprint density at radius 3 is 2.41 bits per heavy atom. The van der Waals surface area contributed by atoms with Gasteiger partial charge in [-0.2, -0.15) is 18.4 Å². The molecular formula is C10H7F5N2. The highest BCUT2D eigenvalue weighted by Gasteiger charge is 2.35. The molecule has 0 spiro atoms. The molecule has 1 aromatic heterocycles. The number of alkyl halides is 5. The fourth-order valence-corrected chi connectivity index (χ4v) is 1.44. The van der Waals surface area contributed by atoms with Crippen molar-refractivity contribution < 1.29 is 22.0 Å². The monoisotopic (exact) mass is 250 g/mol. The summed E-state index contributed by atoms with van der Waals surface area (Å²) in [5, 5.41) is 8.44. The Hall–Kier alpha value is -1.71. The van der Waals surface area contributed by atoms with Crippen LogP contribution in [0.15, 0.2) is 6.20 Å². The standard InChI is InChI=1S/C10H7F5N2/c1-5-6(2-3-16)7(10(13,14)15)4-17-8(5)9(11)12/h4,9H,2H2,1H3. The first-order chi connectivity index (χ1) is 7.79. The number of aromatic nitrogens is 1. The van der Waals surface area contributed by atoms with Crippen molar-refractivity contribution in [3.8, 4) is 6.07 Å². The zero-order valence-electron chi connectivity index (χ0n) is 8.65. The maximum atomic E-state index is 12.5. The largest absolute Gasteiger partial charge is 0.418 e. The van der Waals surface area contributed by atoms with Crippen LogP contribution in [0.5, 0.6) is 0 Å². The first-order valence-electron chi connectivity index (χ1n) is 4.49. The van der Waals surface area contributed by atoms with Crippen LogP contribution in [0, 0.1) is 18.3 Å². The Morgan fingerprint density at radius 2 is 2.00 bits per heavy atom. The van der Waals surface area contributed by atoms with E-state index < -0.39 is 35.8 Å². The van der Waals surface area contributed by atoms with Crippen molar-refractivity contribution in [2.75, 3.05) is 0 Å². The molecule has 0 saturated heterocycles. The molecule has 7 heteroatoms. The quantitative estimate of drug-likeness (QED) is 0.754. The maximum Gasteiger partial charge on any atom is 0.418 e. The van der Waals surface area contributed by atoms with Crippen molar-refractivity contribution >= 4 is 0 Å². The van der Waals surface area contributed by atoms with Gasteiger partial charge in [0.05, 0.1) is 18.1 Å². The SMILES string of the molecule is Cc1c(C(F)F)ncc(C(F)(F)F)c1CC#N. The van der Waals surface area contributed by atoms with Crippen molar-refractivity contribution in [2.24, 2.45) is 0 Å². The summed E-state index contributed by atoms with van der Waals surface area (Å²) >= 11 is 0. The predicted octanol–water partition coefficient (Wildman–Crippen LogP) is 3.41. The molecule has 1 aromatic rings. The number of hydrogen-bond acceptors (Lipinski definition) is 2. The average Bonchev–Trinajstić information content (AvgIpc) is 2.18. The van der Waals surface area contributed by atoms with Crippen LogP contribution in [0.3, 0.4) is 0 Å². The van der Waals surface area contributed by atoms with Gasteiger partial charge in [-0.15, -0.1) is 0 Å². The molecule has 0 unspecified atom stereocenters. The lowest BCUT2D eigenvalue weighted by molar-refractivity contribution is -0.138. The number of pyridine rings is 1. The lowest BCUT2D eigenvalue weighted by atomic mass is 9.99. The van der Waals surface area contributed by atoms with Crippen LogP contribution in [0.4, 0.5) is 22.0 Å². The Kier molecular flexibility index (Phi) is 3.66. The Morgan fingerprint density at radius 1 is 1.41 bits per heavy atom. The van der Waals surface area contributed by atoms with Crippen LogP contribution in [-0.4, -0.2) is 4.98 Å². The number of hydrogen-bond donors (Lipinski definition) is 0. The van der Waals surface area contributed by atoms with Crippen LogP contribution >= 0.6 is 0 Å². The highest BCUT2D eigenvalue weighted by molar-refractivity contribution is 5.39. The van der Waals surface area contributed by atoms with E-state index in [4.69, 9.17) is 5.26 Å². The van der Waals surface area contributed by atoms with E-state index in [1.54, 1.807) is 0 Å². The third-order valence-electron chi connectivity index (χ3n) is 2.26. The fraction of sp³-hybridized carbons (Fsp3) is 0.400. The molecule has 92 valence electrons. The molecular weight excluding hydrogens is 243 g/mol. The van der Waals surface area contributed by atoms with Crippen molar-refractivity contribution in [3.05, 3.63) is 28.6 Å². The molecule has 0 N–H and O–H groups in total. The molecule has 0 aliphatic carbocycles. The summed E-state index contributed by atoms with van der Waals surface area (Å²) in [5.74, 6) is 0. The second-order valence-electron chi connectivity index (χ2n) is 3.29. The van der Waals surface area contributed by atoms with E-state index in [2.05, 4.69) is 4.98 Å². The number of rotatable bonds is 2. The van der Waals surface area contributed by atoms with Crippen LogP contribution in [-0.2, 0) is 12.6 Å². The lowest BCUT2D eigenvalue weighted by Gasteiger charge is -2.15. The zero-order chi connectivity index (χ0) is 13.2. The topological polar surface area (TPSA) is 36.7 Å². The molecule has 0 amide bonds. The van der Waals surface area contributed by atoms with E-state index in [9.17, 15) is 22.0 Å². The van der Waals surface area contributed by atoms with Gasteiger partial charge in [-0.25, -0.2) is 8.78 Å². The number of nitriles is 1. The molecule has 0 aliphatic heterocycles.